The summed E-state index contributed by atoms with van der Waals surface area (Å²) in [5.41, 5.74) is 1.08. The Morgan fingerprint density at radius 1 is 1.29 bits per heavy atom. The number of aryl methyl sites for hydroxylation is 2. The van der Waals surface area contributed by atoms with E-state index in [9.17, 15) is 4.79 Å². The number of amides is 1. The SMILES string of the molecule is Cc1nnc2n1CCC(N(C)C(=O)COCc1ccccc1)CC2. The van der Waals surface area contributed by atoms with Gasteiger partial charge < -0.3 is 14.2 Å². The number of hydrogen-bond donors (Lipinski definition) is 0. The van der Waals surface area contributed by atoms with Crippen LogP contribution in [0.1, 0.15) is 30.1 Å². The smallest absolute Gasteiger partial charge is 0.248 e. The fraction of sp³-hybridized carbons (Fsp3) is 0.500. The van der Waals surface area contributed by atoms with Gasteiger partial charge in [-0.1, -0.05) is 30.3 Å². The maximum Gasteiger partial charge on any atom is 0.248 e. The highest BCUT2D eigenvalue weighted by atomic mass is 16.5. The number of ether oxygens (including phenoxy) is 1. The van der Waals surface area contributed by atoms with Crippen LogP contribution < -0.4 is 0 Å². The molecule has 1 atom stereocenters. The highest BCUT2D eigenvalue weighted by molar-refractivity contribution is 5.77. The molecule has 2 heterocycles. The fourth-order valence-electron chi connectivity index (χ4n) is 3.14. The van der Waals surface area contributed by atoms with E-state index in [-0.39, 0.29) is 18.6 Å². The van der Waals surface area contributed by atoms with E-state index in [4.69, 9.17) is 4.74 Å². The molecule has 24 heavy (non-hydrogen) atoms. The maximum absolute atomic E-state index is 12.4. The van der Waals surface area contributed by atoms with E-state index in [2.05, 4.69) is 14.8 Å². The molecule has 128 valence electrons. The molecule has 1 aliphatic heterocycles. The number of aromatic nitrogens is 3. The van der Waals surface area contributed by atoms with Crippen molar-refractivity contribution in [3.63, 3.8) is 0 Å². The van der Waals surface area contributed by atoms with Crippen molar-refractivity contribution in [2.24, 2.45) is 0 Å². The van der Waals surface area contributed by atoms with Gasteiger partial charge in [0.25, 0.3) is 0 Å². The van der Waals surface area contributed by atoms with Crippen molar-refractivity contribution in [2.45, 2.75) is 45.4 Å². The van der Waals surface area contributed by atoms with Crippen LogP contribution in [-0.2, 0) is 29.1 Å². The van der Waals surface area contributed by atoms with Gasteiger partial charge in [-0.3, -0.25) is 4.79 Å². The molecule has 0 fully saturated rings. The van der Waals surface area contributed by atoms with Gasteiger partial charge >= 0.3 is 0 Å². The van der Waals surface area contributed by atoms with Crippen molar-refractivity contribution >= 4 is 5.91 Å². The Kier molecular flexibility index (Phi) is 5.25. The van der Waals surface area contributed by atoms with E-state index in [1.807, 2.05) is 49.2 Å². The van der Waals surface area contributed by atoms with Crippen LogP contribution in [0, 0.1) is 6.92 Å². The summed E-state index contributed by atoms with van der Waals surface area (Å²) in [7, 11) is 1.87. The lowest BCUT2D eigenvalue weighted by molar-refractivity contribution is -0.137. The third-order valence-electron chi connectivity index (χ3n) is 4.68. The van der Waals surface area contributed by atoms with Crippen molar-refractivity contribution < 1.29 is 9.53 Å². The third-order valence-corrected chi connectivity index (χ3v) is 4.68. The number of carbonyl (C=O) groups is 1. The first-order chi connectivity index (χ1) is 11.6. The summed E-state index contributed by atoms with van der Waals surface area (Å²) in [4.78, 5) is 14.2. The molecular weight excluding hydrogens is 304 g/mol. The third kappa shape index (κ3) is 3.82. The second-order valence-corrected chi connectivity index (χ2v) is 6.28. The molecular formula is C18H24N4O2. The minimum absolute atomic E-state index is 0.0327. The molecule has 1 aliphatic rings. The normalized spacial score (nSPS) is 17.2. The number of hydrogen-bond acceptors (Lipinski definition) is 4. The van der Waals surface area contributed by atoms with Crippen molar-refractivity contribution in [3.05, 3.63) is 47.5 Å². The quantitative estimate of drug-likeness (QED) is 0.842. The molecule has 0 spiro atoms. The van der Waals surface area contributed by atoms with E-state index in [0.717, 1.165) is 43.0 Å². The molecule has 1 aromatic carbocycles. The summed E-state index contributed by atoms with van der Waals surface area (Å²) in [5.74, 6) is 2.01. The summed E-state index contributed by atoms with van der Waals surface area (Å²) in [6, 6.07) is 10.1. The zero-order valence-corrected chi connectivity index (χ0v) is 14.3. The van der Waals surface area contributed by atoms with Gasteiger partial charge in [-0.15, -0.1) is 10.2 Å². The van der Waals surface area contributed by atoms with Crippen LogP contribution in [0.3, 0.4) is 0 Å². The summed E-state index contributed by atoms with van der Waals surface area (Å²) in [6.07, 6.45) is 2.69. The van der Waals surface area contributed by atoms with E-state index in [0.29, 0.717) is 6.61 Å². The maximum atomic E-state index is 12.4. The average molecular weight is 328 g/mol. The van der Waals surface area contributed by atoms with Crippen molar-refractivity contribution in [3.8, 4) is 0 Å². The van der Waals surface area contributed by atoms with Crippen molar-refractivity contribution in [1.29, 1.82) is 0 Å². The zero-order chi connectivity index (χ0) is 16.9. The Bertz CT molecular complexity index is 684. The van der Waals surface area contributed by atoms with Crippen molar-refractivity contribution in [2.75, 3.05) is 13.7 Å². The fourth-order valence-corrected chi connectivity index (χ4v) is 3.14. The van der Waals surface area contributed by atoms with Gasteiger partial charge in [0, 0.05) is 26.1 Å². The molecule has 1 aromatic heterocycles. The number of carbonyl (C=O) groups excluding carboxylic acids is 1. The van der Waals surface area contributed by atoms with Gasteiger partial charge in [0.05, 0.1) is 6.61 Å². The molecule has 0 radical (unpaired) electrons. The predicted octanol–water partition coefficient (Wildman–Crippen LogP) is 1.97. The second kappa shape index (κ2) is 7.57. The molecule has 0 bridgehead atoms. The number of fused-ring (bicyclic) bond motifs is 1. The topological polar surface area (TPSA) is 60.2 Å². The molecule has 1 unspecified atom stereocenters. The Morgan fingerprint density at radius 2 is 2.08 bits per heavy atom. The minimum Gasteiger partial charge on any atom is -0.367 e. The van der Waals surface area contributed by atoms with Gasteiger partial charge in [-0.25, -0.2) is 0 Å². The van der Waals surface area contributed by atoms with E-state index in [1.165, 1.54) is 0 Å². The molecule has 6 heteroatoms. The van der Waals surface area contributed by atoms with Crippen LogP contribution >= 0.6 is 0 Å². The standard InChI is InChI=1S/C18H24N4O2/c1-14-19-20-17-9-8-16(10-11-22(14)17)21(2)18(23)13-24-12-15-6-4-3-5-7-15/h3-7,16H,8-13H2,1-2H3. The molecule has 6 nitrogen and oxygen atoms in total. The van der Waals surface area contributed by atoms with E-state index >= 15 is 0 Å². The highest BCUT2D eigenvalue weighted by Crippen LogP contribution is 2.18. The first-order valence-corrected chi connectivity index (χ1v) is 8.41. The van der Waals surface area contributed by atoms with Gasteiger partial charge in [0.2, 0.25) is 5.91 Å². The highest BCUT2D eigenvalue weighted by Gasteiger charge is 2.24. The Labute approximate surface area is 142 Å². The zero-order valence-electron chi connectivity index (χ0n) is 14.3. The summed E-state index contributed by atoms with van der Waals surface area (Å²) in [6.45, 7) is 3.42. The van der Waals surface area contributed by atoms with Crippen LogP contribution in [0.2, 0.25) is 0 Å². The Morgan fingerprint density at radius 3 is 2.88 bits per heavy atom. The van der Waals surface area contributed by atoms with Gasteiger partial charge in [0.15, 0.2) is 0 Å². The molecule has 3 rings (SSSR count). The minimum atomic E-state index is 0.0327. The first kappa shape index (κ1) is 16.6. The number of rotatable bonds is 5. The van der Waals surface area contributed by atoms with Crippen molar-refractivity contribution in [1.82, 2.24) is 19.7 Å². The Hall–Kier alpha value is -2.21. The average Bonchev–Trinajstić information content (AvgIpc) is 2.82. The van der Waals surface area contributed by atoms with E-state index in [1.54, 1.807) is 0 Å². The van der Waals surface area contributed by atoms with Crippen LogP contribution in [-0.4, -0.2) is 45.3 Å². The van der Waals surface area contributed by atoms with Crippen LogP contribution in [0.25, 0.3) is 0 Å². The lowest BCUT2D eigenvalue weighted by atomic mass is 10.1. The summed E-state index contributed by atoms with van der Waals surface area (Å²) in [5, 5.41) is 8.35. The number of benzene rings is 1. The van der Waals surface area contributed by atoms with Crippen LogP contribution in [0.4, 0.5) is 0 Å². The lowest BCUT2D eigenvalue weighted by Crippen LogP contribution is -2.39. The first-order valence-electron chi connectivity index (χ1n) is 8.41. The van der Waals surface area contributed by atoms with Gasteiger partial charge in [0.1, 0.15) is 18.3 Å². The number of likely N-dealkylation sites (N-methyl/N-ethyl adjacent to an activating group) is 1. The summed E-state index contributed by atoms with van der Waals surface area (Å²) >= 11 is 0. The molecule has 2 aromatic rings. The largest absolute Gasteiger partial charge is 0.367 e. The molecule has 0 aliphatic carbocycles. The molecule has 1 amide bonds. The van der Waals surface area contributed by atoms with Crippen LogP contribution in [0.15, 0.2) is 30.3 Å². The van der Waals surface area contributed by atoms with Gasteiger partial charge in [-0.2, -0.15) is 0 Å². The van der Waals surface area contributed by atoms with Gasteiger partial charge in [-0.05, 0) is 25.3 Å². The molecule has 0 saturated carbocycles. The molecule has 0 saturated heterocycles. The molecule has 0 N–H and O–H groups in total. The van der Waals surface area contributed by atoms with Crippen LogP contribution in [0.5, 0.6) is 0 Å². The summed E-state index contributed by atoms with van der Waals surface area (Å²) < 4.78 is 7.73. The number of nitrogens with zero attached hydrogens (tertiary/aromatic N) is 4. The lowest BCUT2D eigenvalue weighted by Gasteiger charge is -2.27. The van der Waals surface area contributed by atoms with E-state index < -0.39 is 0 Å². The monoisotopic (exact) mass is 328 g/mol. The second-order valence-electron chi connectivity index (χ2n) is 6.28. The predicted molar refractivity (Wildman–Crippen MR) is 90.4 cm³/mol. The Balaban J connectivity index is 1.49.